The predicted octanol–water partition coefficient (Wildman–Crippen LogP) is 3.02. The van der Waals surface area contributed by atoms with E-state index in [1.165, 1.54) is 10.9 Å². The third-order valence-corrected chi connectivity index (χ3v) is 3.35. The third-order valence-electron chi connectivity index (χ3n) is 3.10. The molecule has 0 aliphatic rings. The van der Waals surface area contributed by atoms with Crippen LogP contribution < -0.4 is 5.56 Å². The van der Waals surface area contributed by atoms with Gasteiger partial charge in [-0.15, -0.1) is 0 Å². The molecule has 0 radical (unpaired) electrons. The van der Waals surface area contributed by atoms with Crippen molar-refractivity contribution in [2.24, 2.45) is 4.99 Å². The normalized spacial score (nSPS) is 11.1. The van der Waals surface area contributed by atoms with Crippen molar-refractivity contribution in [2.45, 2.75) is 6.54 Å². The molecule has 3 aromatic rings. The maximum absolute atomic E-state index is 12.2. The van der Waals surface area contributed by atoms with E-state index in [4.69, 9.17) is 11.6 Å². The Morgan fingerprint density at radius 2 is 1.86 bits per heavy atom. The number of rotatable bonds is 4. The molecule has 110 valence electrons. The minimum Gasteiger partial charge on any atom is -0.265 e. The van der Waals surface area contributed by atoms with E-state index in [-0.39, 0.29) is 11.3 Å². The van der Waals surface area contributed by atoms with Crippen molar-refractivity contribution in [3.05, 3.63) is 81.2 Å². The molecule has 3 rings (SSSR count). The van der Waals surface area contributed by atoms with Crippen molar-refractivity contribution in [3.8, 4) is 0 Å². The lowest BCUT2D eigenvalue weighted by Gasteiger charge is -2.00. The maximum atomic E-state index is 12.2. The quantitative estimate of drug-likeness (QED) is 0.753. The van der Waals surface area contributed by atoms with Gasteiger partial charge in [-0.2, -0.15) is 5.10 Å². The molecule has 0 spiro atoms. The summed E-state index contributed by atoms with van der Waals surface area (Å²) in [5.41, 5.74) is 1.79. The SMILES string of the molecule is O=c1c(C=Nc2ccccc2)n[nH]n1Cc1ccc(Cl)cc1. The first kappa shape index (κ1) is 14.3. The van der Waals surface area contributed by atoms with E-state index in [0.717, 1.165) is 11.3 Å². The summed E-state index contributed by atoms with van der Waals surface area (Å²) < 4.78 is 1.43. The van der Waals surface area contributed by atoms with Crippen LogP contribution >= 0.6 is 11.6 Å². The molecular formula is C16H13ClN4O. The van der Waals surface area contributed by atoms with Gasteiger partial charge in [0.05, 0.1) is 18.4 Å². The van der Waals surface area contributed by atoms with E-state index in [1.807, 2.05) is 42.5 Å². The summed E-state index contributed by atoms with van der Waals surface area (Å²) in [7, 11) is 0. The van der Waals surface area contributed by atoms with Crippen LogP contribution in [0, 0.1) is 0 Å². The van der Waals surface area contributed by atoms with Crippen LogP contribution in [0.3, 0.4) is 0 Å². The largest absolute Gasteiger partial charge is 0.295 e. The summed E-state index contributed by atoms with van der Waals surface area (Å²) in [5, 5.41) is 7.36. The first-order chi connectivity index (χ1) is 10.7. The van der Waals surface area contributed by atoms with Crippen molar-refractivity contribution in [1.29, 1.82) is 0 Å². The van der Waals surface area contributed by atoms with Gasteiger partial charge in [0.2, 0.25) is 0 Å². The zero-order valence-corrected chi connectivity index (χ0v) is 12.4. The average Bonchev–Trinajstić information content (AvgIpc) is 2.89. The fourth-order valence-electron chi connectivity index (χ4n) is 1.96. The fraction of sp³-hybridized carbons (Fsp3) is 0.0625. The van der Waals surface area contributed by atoms with Crippen LogP contribution in [-0.4, -0.2) is 21.2 Å². The number of H-pyrrole nitrogens is 1. The van der Waals surface area contributed by atoms with E-state index in [2.05, 4.69) is 15.3 Å². The number of para-hydroxylation sites is 1. The molecule has 1 aromatic heterocycles. The molecule has 22 heavy (non-hydrogen) atoms. The zero-order valence-electron chi connectivity index (χ0n) is 11.6. The molecule has 0 saturated heterocycles. The van der Waals surface area contributed by atoms with Crippen LogP contribution in [0.2, 0.25) is 5.02 Å². The molecule has 6 heteroatoms. The lowest BCUT2D eigenvalue weighted by atomic mass is 10.2. The number of nitrogens with one attached hydrogen (secondary N) is 1. The van der Waals surface area contributed by atoms with Gasteiger partial charge in [-0.3, -0.25) is 9.79 Å². The van der Waals surface area contributed by atoms with Crippen LogP contribution in [0.1, 0.15) is 11.3 Å². The third kappa shape index (κ3) is 3.32. The number of halogens is 1. The van der Waals surface area contributed by atoms with Crippen molar-refractivity contribution in [1.82, 2.24) is 15.0 Å². The van der Waals surface area contributed by atoms with E-state index in [1.54, 1.807) is 12.1 Å². The van der Waals surface area contributed by atoms with Crippen LogP contribution in [0.25, 0.3) is 0 Å². The highest BCUT2D eigenvalue weighted by Crippen LogP contribution is 2.10. The average molecular weight is 313 g/mol. The first-order valence-electron chi connectivity index (χ1n) is 6.71. The molecule has 1 N–H and O–H groups in total. The first-order valence-corrected chi connectivity index (χ1v) is 7.09. The lowest BCUT2D eigenvalue weighted by Crippen LogP contribution is -2.19. The standard InChI is InChI=1S/C16H13ClN4O/c17-13-8-6-12(7-9-13)11-21-16(22)15(19-20-21)10-18-14-4-2-1-3-5-14/h1-10,20H,11H2. The van der Waals surface area contributed by atoms with Crippen LogP contribution in [0.15, 0.2) is 64.4 Å². The number of hydrogen-bond donors (Lipinski definition) is 1. The Bertz CT molecular complexity index is 835. The molecule has 0 unspecified atom stereocenters. The number of aliphatic imine (C=N–C) groups is 1. The summed E-state index contributed by atoms with van der Waals surface area (Å²) in [6.07, 6.45) is 1.46. The molecule has 2 aromatic carbocycles. The molecule has 5 nitrogen and oxygen atoms in total. The highest BCUT2D eigenvalue weighted by Gasteiger charge is 2.06. The van der Waals surface area contributed by atoms with E-state index in [0.29, 0.717) is 11.6 Å². The van der Waals surface area contributed by atoms with Crippen LogP contribution in [-0.2, 0) is 6.54 Å². The minimum absolute atomic E-state index is 0.213. The van der Waals surface area contributed by atoms with Crippen molar-refractivity contribution in [3.63, 3.8) is 0 Å². The molecule has 0 amide bonds. The van der Waals surface area contributed by atoms with Gasteiger partial charge in [0.25, 0.3) is 5.56 Å². The number of nitrogens with zero attached hydrogens (tertiary/aromatic N) is 3. The number of benzene rings is 2. The maximum Gasteiger partial charge on any atom is 0.295 e. The van der Waals surface area contributed by atoms with Crippen LogP contribution in [0.5, 0.6) is 0 Å². The molecule has 1 heterocycles. The van der Waals surface area contributed by atoms with Gasteiger partial charge >= 0.3 is 0 Å². The zero-order chi connectivity index (χ0) is 15.4. The monoisotopic (exact) mass is 312 g/mol. The summed E-state index contributed by atoms with van der Waals surface area (Å²) in [6, 6.07) is 16.7. The predicted molar refractivity (Wildman–Crippen MR) is 87.1 cm³/mol. The number of aromatic amines is 1. The Kier molecular flexibility index (Phi) is 4.16. The second-order valence-electron chi connectivity index (χ2n) is 4.71. The molecule has 0 fully saturated rings. The summed E-state index contributed by atoms with van der Waals surface area (Å²) in [5.74, 6) is 0. The summed E-state index contributed by atoms with van der Waals surface area (Å²) in [4.78, 5) is 16.4. The molecule has 0 atom stereocenters. The Labute approximate surface area is 131 Å². The van der Waals surface area contributed by atoms with Gasteiger partial charge in [-0.25, -0.2) is 9.90 Å². The topological polar surface area (TPSA) is 63.0 Å². The Balaban J connectivity index is 1.79. The van der Waals surface area contributed by atoms with Crippen molar-refractivity contribution >= 4 is 23.5 Å². The molecule has 0 saturated carbocycles. The molecule has 0 aliphatic heterocycles. The van der Waals surface area contributed by atoms with Gasteiger partial charge in [0, 0.05) is 5.02 Å². The second-order valence-corrected chi connectivity index (χ2v) is 5.14. The van der Waals surface area contributed by atoms with Crippen LogP contribution in [0.4, 0.5) is 5.69 Å². The van der Waals surface area contributed by atoms with E-state index in [9.17, 15) is 4.79 Å². The van der Waals surface area contributed by atoms with Gasteiger partial charge in [0.15, 0.2) is 5.69 Å². The molecular weight excluding hydrogens is 300 g/mol. The van der Waals surface area contributed by atoms with E-state index < -0.39 is 0 Å². The number of hydrogen-bond acceptors (Lipinski definition) is 3. The van der Waals surface area contributed by atoms with Crippen molar-refractivity contribution in [2.75, 3.05) is 0 Å². The highest BCUT2D eigenvalue weighted by atomic mass is 35.5. The molecule has 0 aliphatic carbocycles. The Morgan fingerprint density at radius 3 is 2.59 bits per heavy atom. The second kappa shape index (κ2) is 6.41. The van der Waals surface area contributed by atoms with Gasteiger partial charge in [0.1, 0.15) is 0 Å². The van der Waals surface area contributed by atoms with Crippen molar-refractivity contribution < 1.29 is 0 Å². The number of aromatic nitrogens is 3. The van der Waals surface area contributed by atoms with Gasteiger partial charge in [-0.05, 0) is 29.8 Å². The Morgan fingerprint density at radius 1 is 1.14 bits per heavy atom. The Hall–Kier alpha value is -2.66. The fourth-order valence-corrected chi connectivity index (χ4v) is 2.09. The molecule has 0 bridgehead atoms. The minimum atomic E-state index is -0.213. The smallest absolute Gasteiger partial charge is 0.265 e. The lowest BCUT2D eigenvalue weighted by molar-refractivity contribution is 0.632. The van der Waals surface area contributed by atoms with Gasteiger partial charge in [-0.1, -0.05) is 41.9 Å². The van der Waals surface area contributed by atoms with E-state index >= 15 is 0 Å². The highest BCUT2D eigenvalue weighted by molar-refractivity contribution is 6.30. The summed E-state index contributed by atoms with van der Waals surface area (Å²) >= 11 is 5.84. The van der Waals surface area contributed by atoms with Gasteiger partial charge < -0.3 is 0 Å². The summed E-state index contributed by atoms with van der Waals surface area (Å²) in [6.45, 7) is 0.405.